The fourth-order valence-corrected chi connectivity index (χ4v) is 11.8. The fraction of sp³-hybridized carbons (Fsp3) is 0.368. The zero-order valence-corrected chi connectivity index (χ0v) is 38.5. The van der Waals surface area contributed by atoms with Crippen LogP contribution in [0.1, 0.15) is 135 Å². The average molecular weight is 801 g/mol. The first-order chi connectivity index (χ1) is 28.7. The zero-order chi connectivity index (χ0) is 42.8. The highest BCUT2D eigenvalue weighted by molar-refractivity contribution is 7.00. The van der Waals surface area contributed by atoms with Gasteiger partial charge in [-0.05, 0) is 152 Å². The number of hydrogen-bond acceptors (Lipinski definition) is 3. The molecule has 0 radical (unpaired) electrons. The van der Waals surface area contributed by atoms with E-state index in [1.165, 1.54) is 120 Å². The Morgan fingerprint density at radius 2 is 1.05 bits per heavy atom. The van der Waals surface area contributed by atoms with Gasteiger partial charge < -0.3 is 14.2 Å². The second-order valence-corrected chi connectivity index (χ2v) is 22.8. The van der Waals surface area contributed by atoms with Gasteiger partial charge in [-0.25, -0.2) is 0 Å². The first-order valence-electron chi connectivity index (χ1n) is 22.9. The summed E-state index contributed by atoms with van der Waals surface area (Å²) < 4.78 is 6.72. The molecule has 6 aromatic carbocycles. The Morgan fingerprint density at radius 1 is 0.492 bits per heavy atom. The van der Waals surface area contributed by atoms with Crippen molar-refractivity contribution in [2.75, 3.05) is 9.80 Å². The Labute approximate surface area is 364 Å². The van der Waals surface area contributed by atoms with Crippen molar-refractivity contribution >= 4 is 79.2 Å². The van der Waals surface area contributed by atoms with Crippen molar-refractivity contribution in [3.63, 3.8) is 0 Å². The molecule has 61 heavy (non-hydrogen) atoms. The molecule has 3 nitrogen and oxygen atoms in total. The molecule has 2 aliphatic heterocycles. The summed E-state index contributed by atoms with van der Waals surface area (Å²) >= 11 is 0. The standard InChI is InChI=1S/C57H61BN2O/c1-34-17-13-15-19-45(34)60-47-33-51-38(37-18-14-16-20-50(37)61-51)30-43(47)58-44-31-41-42(57(11,12)26-25-56(41,9)10)32-46(44)59(48-27-35(53(2,3)4)28-49(60)52(48)58)36-21-22-39-40(29-36)55(7,8)24-23-54(39,5)6/h13-22,27-33H,23-26H2,1-12H3. The molecule has 1 aromatic heterocycles. The SMILES string of the molecule is Cc1ccccc1N1c2cc3oc4ccccc4c3cc2B2c3cc4c(cc3N(c3ccc5c(c3)C(C)(C)CCC5(C)C)c3cc(C(C)(C)C)cc1c32)C(C)(C)CCC4(C)C. The van der Waals surface area contributed by atoms with Gasteiger partial charge in [0.25, 0.3) is 6.71 Å². The van der Waals surface area contributed by atoms with E-state index in [1.54, 1.807) is 0 Å². The van der Waals surface area contributed by atoms with Gasteiger partial charge in [0, 0.05) is 51.0 Å². The quantitative estimate of drug-likeness (QED) is 0.162. The normalized spacial score (nSPS) is 19.0. The predicted octanol–water partition coefficient (Wildman–Crippen LogP) is 14.0. The summed E-state index contributed by atoms with van der Waals surface area (Å²) in [5.41, 5.74) is 22.3. The zero-order valence-electron chi connectivity index (χ0n) is 38.5. The van der Waals surface area contributed by atoms with Gasteiger partial charge in [-0.1, -0.05) is 131 Å². The summed E-state index contributed by atoms with van der Waals surface area (Å²) in [6.07, 6.45) is 4.73. The molecule has 4 aliphatic rings. The number of hydrogen-bond donors (Lipinski definition) is 0. The first kappa shape index (κ1) is 38.7. The van der Waals surface area contributed by atoms with E-state index in [0.29, 0.717) is 0 Å². The van der Waals surface area contributed by atoms with Crippen LogP contribution in [0.15, 0.2) is 108 Å². The molecule has 0 saturated heterocycles. The summed E-state index contributed by atoms with van der Waals surface area (Å²) in [6.45, 7) is 29.1. The van der Waals surface area contributed by atoms with Crippen LogP contribution in [0.2, 0.25) is 0 Å². The Kier molecular flexibility index (Phi) is 7.90. The molecule has 0 bridgehead atoms. The molecule has 3 heterocycles. The van der Waals surface area contributed by atoms with E-state index >= 15 is 0 Å². The third kappa shape index (κ3) is 5.55. The molecular formula is C57H61BN2O. The lowest BCUT2D eigenvalue weighted by atomic mass is 9.33. The summed E-state index contributed by atoms with van der Waals surface area (Å²) in [7, 11) is 0. The number of anilines is 6. The van der Waals surface area contributed by atoms with E-state index in [4.69, 9.17) is 4.42 Å². The third-order valence-corrected chi connectivity index (χ3v) is 15.9. The number of benzene rings is 6. The largest absolute Gasteiger partial charge is 0.456 e. The monoisotopic (exact) mass is 800 g/mol. The minimum Gasteiger partial charge on any atom is -0.456 e. The van der Waals surface area contributed by atoms with Crippen molar-refractivity contribution in [2.24, 2.45) is 0 Å². The number of nitrogens with zero attached hydrogens (tertiary/aromatic N) is 2. The molecule has 0 spiro atoms. The summed E-state index contributed by atoms with van der Waals surface area (Å²) in [6, 6.07) is 40.3. The van der Waals surface area contributed by atoms with Gasteiger partial charge in [0.05, 0.1) is 0 Å². The van der Waals surface area contributed by atoms with Crippen LogP contribution < -0.4 is 26.2 Å². The number of para-hydroxylation sites is 2. The van der Waals surface area contributed by atoms with Crippen LogP contribution >= 0.6 is 0 Å². The molecule has 0 N–H and O–H groups in total. The third-order valence-electron chi connectivity index (χ3n) is 15.9. The molecule has 11 rings (SSSR count). The smallest absolute Gasteiger partial charge is 0.252 e. The maximum atomic E-state index is 6.72. The Balaban J connectivity index is 1.31. The van der Waals surface area contributed by atoms with Crippen LogP contribution in [0.25, 0.3) is 21.9 Å². The highest BCUT2D eigenvalue weighted by atomic mass is 16.3. The minimum absolute atomic E-state index is 0.0118. The van der Waals surface area contributed by atoms with Crippen molar-refractivity contribution in [1.82, 2.24) is 0 Å². The second kappa shape index (κ2) is 12.5. The van der Waals surface area contributed by atoms with Gasteiger partial charge in [-0.15, -0.1) is 0 Å². The summed E-state index contributed by atoms with van der Waals surface area (Å²) in [4.78, 5) is 5.28. The van der Waals surface area contributed by atoms with E-state index in [9.17, 15) is 0 Å². The van der Waals surface area contributed by atoms with E-state index in [1.807, 2.05) is 0 Å². The van der Waals surface area contributed by atoms with E-state index in [0.717, 1.165) is 11.2 Å². The Bertz CT molecular complexity index is 3010. The van der Waals surface area contributed by atoms with Crippen molar-refractivity contribution in [2.45, 2.75) is 136 Å². The van der Waals surface area contributed by atoms with Crippen LogP contribution in [-0.2, 0) is 27.1 Å². The van der Waals surface area contributed by atoms with Crippen LogP contribution in [-0.4, -0.2) is 6.71 Å². The van der Waals surface area contributed by atoms with Crippen molar-refractivity contribution in [1.29, 1.82) is 0 Å². The molecule has 4 heteroatoms. The minimum atomic E-state index is -0.100. The van der Waals surface area contributed by atoms with Crippen LogP contribution in [0, 0.1) is 6.92 Å². The van der Waals surface area contributed by atoms with E-state index in [2.05, 4.69) is 196 Å². The van der Waals surface area contributed by atoms with Crippen molar-refractivity contribution < 1.29 is 4.42 Å². The number of rotatable bonds is 2. The molecule has 0 fully saturated rings. The highest BCUT2D eigenvalue weighted by Gasteiger charge is 2.48. The fourth-order valence-electron chi connectivity index (χ4n) is 11.8. The van der Waals surface area contributed by atoms with Crippen LogP contribution in [0.4, 0.5) is 34.1 Å². The lowest BCUT2D eigenvalue weighted by molar-refractivity contribution is 0.332. The summed E-state index contributed by atoms with van der Waals surface area (Å²) in [5, 5.41) is 2.35. The van der Waals surface area contributed by atoms with Crippen molar-refractivity contribution in [3.8, 4) is 0 Å². The van der Waals surface area contributed by atoms with E-state index in [-0.39, 0.29) is 33.8 Å². The number of aryl methyl sites for hydroxylation is 1. The van der Waals surface area contributed by atoms with E-state index < -0.39 is 0 Å². The molecule has 0 amide bonds. The van der Waals surface area contributed by atoms with Gasteiger partial charge >= 0.3 is 0 Å². The highest BCUT2D eigenvalue weighted by Crippen LogP contribution is 2.53. The van der Waals surface area contributed by atoms with Gasteiger partial charge in [0.15, 0.2) is 0 Å². The lowest BCUT2D eigenvalue weighted by Crippen LogP contribution is -2.62. The molecule has 308 valence electrons. The molecule has 0 saturated carbocycles. The Hall–Kier alpha value is -5.22. The first-order valence-corrected chi connectivity index (χ1v) is 22.9. The summed E-state index contributed by atoms with van der Waals surface area (Å²) in [5.74, 6) is 0. The van der Waals surface area contributed by atoms with Crippen molar-refractivity contribution in [3.05, 3.63) is 137 Å². The maximum Gasteiger partial charge on any atom is 0.252 e. The molecule has 0 unspecified atom stereocenters. The molecule has 0 atom stereocenters. The number of furan rings is 1. The number of fused-ring (bicyclic) bond motifs is 9. The average Bonchev–Trinajstić information content (AvgIpc) is 3.57. The topological polar surface area (TPSA) is 19.6 Å². The maximum absolute atomic E-state index is 6.72. The Morgan fingerprint density at radius 3 is 1.72 bits per heavy atom. The van der Waals surface area contributed by atoms with Crippen LogP contribution in [0.3, 0.4) is 0 Å². The second-order valence-electron chi connectivity index (χ2n) is 22.8. The lowest BCUT2D eigenvalue weighted by Gasteiger charge is -2.48. The molecule has 2 aliphatic carbocycles. The van der Waals surface area contributed by atoms with Gasteiger partial charge in [-0.2, -0.15) is 0 Å². The van der Waals surface area contributed by atoms with Gasteiger partial charge in [0.2, 0.25) is 0 Å². The van der Waals surface area contributed by atoms with Gasteiger partial charge in [0.1, 0.15) is 11.2 Å². The molecular weight excluding hydrogens is 739 g/mol. The van der Waals surface area contributed by atoms with Gasteiger partial charge in [-0.3, -0.25) is 0 Å². The molecule has 7 aromatic rings. The van der Waals surface area contributed by atoms with Crippen LogP contribution in [0.5, 0.6) is 0 Å². The predicted molar refractivity (Wildman–Crippen MR) is 262 cm³/mol.